The third-order valence-electron chi connectivity index (χ3n) is 4.18. The van der Waals surface area contributed by atoms with Gasteiger partial charge in [0.25, 0.3) is 5.91 Å². The van der Waals surface area contributed by atoms with E-state index in [1.54, 1.807) is 0 Å². The Kier molecular flexibility index (Phi) is 7.24. The molecule has 0 fully saturated rings. The van der Waals surface area contributed by atoms with Crippen LogP contribution < -0.4 is 5.32 Å². The van der Waals surface area contributed by atoms with Gasteiger partial charge < -0.3 is 5.32 Å². The summed E-state index contributed by atoms with van der Waals surface area (Å²) in [6.07, 6.45) is -13.6. The predicted octanol–water partition coefficient (Wildman–Crippen LogP) is 7.93. The Morgan fingerprint density at radius 2 is 1.39 bits per heavy atom. The van der Waals surface area contributed by atoms with E-state index in [0.717, 1.165) is 18.2 Å². The topological polar surface area (TPSA) is 58.5 Å². The predicted molar refractivity (Wildman–Crippen MR) is 101 cm³/mol. The molecule has 0 aliphatic rings. The molecule has 0 spiro atoms. The number of carbonyl (C=O) groups is 1. The minimum Gasteiger partial charge on any atom is -0.320 e. The van der Waals surface area contributed by atoms with E-state index in [0.29, 0.717) is 0 Å². The van der Waals surface area contributed by atoms with Crippen LogP contribution in [0.3, 0.4) is 0 Å². The molecule has 0 saturated heterocycles. The standard InChI is InChI=1S/C17H6Br2F10N2O2/c18-8-4-6(14(21,16(24,25)26)15(22,23)17(27,28)29)5-9(19)12(8)30-13(32)7-2-1-3-10(31-33)11(7)20/h1-5H,(H,30,32). The number of carbonyl (C=O) groups excluding carboxylic acids is 1. The van der Waals surface area contributed by atoms with Crippen LogP contribution in [-0.4, -0.2) is 24.2 Å². The summed E-state index contributed by atoms with van der Waals surface area (Å²) >= 11 is 5.11. The second-order valence-electron chi connectivity index (χ2n) is 6.23. The second-order valence-corrected chi connectivity index (χ2v) is 7.94. The largest absolute Gasteiger partial charge is 0.457 e. The first-order valence-electron chi connectivity index (χ1n) is 8.03. The van der Waals surface area contributed by atoms with Crippen molar-refractivity contribution < 1.29 is 48.7 Å². The fourth-order valence-corrected chi connectivity index (χ4v) is 3.94. The van der Waals surface area contributed by atoms with Crippen molar-refractivity contribution in [3.8, 4) is 0 Å². The molecule has 0 aliphatic heterocycles. The maximum Gasteiger partial charge on any atom is 0.457 e. The van der Waals surface area contributed by atoms with E-state index in [4.69, 9.17) is 0 Å². The summed E-state index contributed by atoms with van der Waals surface area (Å²) in [5, 5.41) is 4.27. The Balaban J connectivity index is 2.60. The number of nitroso groups, excluding NO2 is 1. The van der Waals surface area contributed by atoms with Crippen molar-refractivity contribution in [3.63, 3.8) is 0 Å². The molecule has 2 aromatic rings. The lowest BCUT2D eigenvalue weighted by atomic mass is 9.87. The third kappa shape index (κ3) is 4.58. The highest BCUT2D eigenvalue weighted by Gasteiger charge is 2.81. The number of anilines is 1. The van der Waals surface area contributed by atoms with E-state index in [1.165, 1.54) is 0 Å². The number of halogens is 12. The monoisotopic (exact) mass is 618 g/mol. The normalized spacial score (nSPS) is 14.5. The molecule has 1 unspecified atom stereocenters. The molecule has 1 N–H and O–H groups in total. The van der Waals surface area contributed by atoms with Crippen LogP contribution in [0, 0.1) is 10.7 Å². The van der Waals surface area contributed by atoms with Gasteiger partial charge in [0.1, 0.15) is 5.69 Å². The molecule has 0 bridgehead atoms. The van der Waals surface area contributed by atoms with Gasteiger partial charge in [0.15, 0.2) is 5.82 Å². The van der Waals surface area contributed by atoms with E-state index in [1.807, 2.05) is 5.32 Å². The lowest BCUT2D eigenvalue weighted by Gasteiger charge is -2.36. The number of alkyl halides is 9. The van der Waals surface area contributed by atoms with Gasteiger partial charge in [-0.2, -0.15) is 35.1 Å². The molecule has 2 rings (SSSR count). The molecule has 1 atom stereocenters. The van der Waals surface area contributed by atoms with Gasteiger partial charge in [-0.1, -0.05) is 6.07 Å². The molecule has 16 heteroatoms. The van der Waals surface area contributed by atoms with E-state index in [9.17, 15) is 53.6 Å². The zero-order chi connectivity index (χ0) is 25.6. The molecule has 180 valence electrons. The number of amides is 1. The minimum absolute atomic E-state index is 0.0483. The van der Waals surface area contributed by atoms with Crippen LogP contribution in [0.1, 0.15) is 15.9 Å². The van der Waals surface area contributed by atoms with Crippen LogP contribution in [0.2, 0.25) is 0 Å². The molecule has 33 heavy (non-hydrogen) atoms. The first kappa shape index (κ1) is 27.0. The molecule has 4 nitrogen and oxygen atoms in total. The van der Waals surface area contributed by atoms with Crippen LogP contribution in [0.15, 0.2) is 44.5 Å². The van der Waals surface area contributed by atoms with E-state index < -0.39 is 67.1 Å². The van der Waals surface area contributed by atoms with Crippen LogP contribution >= 0.6 is 31.9 Å². The zero-order valence-corrected chi connectivity index (χ0v) is 18.4. The summed E-state index contributed by atoms with van der Waals surface area (Å²) in [4.78, 5) is 22.8. The lowest BCUT2D eigenvalue weighted by molar-refractivity contribution is -0.389. The van der Waals surface area contributed by atoms with Gasteiger partial charge in [0.05, 0.1) is 11.3 Å². The van der Waals surface area contributed by atoms with E-state index >= 15 is 0 Å². The SMILES string of the molecule is O=Nc1cccc(C(=O)Nc2c(Br)cc(C(F)(C(F)(F)F)C(F)(F)C(F)(F)F)cc2Br)c1F. The van der Waals surface area contributed by atoms with Gasteiger partial charge >= 0.3 is 23.9 Å². The summed E-state index contributed by atoms with van der Waals surface area (Å²) in [6.45, 7) is 0. The van der Waals surface area contributed by atoms with Crippen molar-refractivity contribution in [2.45, 2.75) is 23.9 Å². The summed E-state index contributed by atoms with van der Waals surface area (Å²) in [7, 11) is 0. The summed E-state index contributed by atoms with van der Waals surface area (Å²) in [6, 6.07) is 2.76. The molecule has 0 heterocycles. The summed E-state index contributed by atoms with van der Waals surface area (Å²) in [5.74, 6) is -9.58. The fourth-order valence-electron chi connectivity index (χ4n) is 2.56. The average molecular weight is 620 g/mol. The number of hydrogen-bond donors (Lipinski definition) is 1. The van der Waals surface area contributed by atoms with Crippen LogP contribution in [0.25, 0.3) is 0 Å². The maximum atomic E-state index is 14.6. The Labute approximate surface area is 193 Å². The van der Waals surface area contributed by atoms with Gasteiger partial charge in [-0.3, -0.25) is 4.79 Å². The van der Waals surface area contributed by atoms with Crippen LogP contribution in [0.4, 0.5) is 55.3 Å². The third-order valence-corrected chi connectivity index (χ3v) is 5.43. The molecular weight excluding hydrogens is 614 g/mol. The molecule has 0 aliphatic carbocycles. The highest BCUT2D eigenvalue weighted by Crippen LogP contribution is 2.59. The van der Waals surface area contributed by atoms with Crippen molar-refractivity contribution in [2.75, 3.05) is 5.32 Å². The minimum atomic E-state index is -6.92. The number of nitrogens with one attached hydrogen (secondary N) is 1. The van der Waals surface area contributed by atoms with Crippen LogP contribution in [-0.2, 0) is 5.67 Å². The molecule has 1 amide bonds. The van der Waals surface area contributed by atoms with E-state index in [-0.39, 0.29) is 12.1 Å². The maximum absolute atomic E-state index is 14.6. The van der Waals surface area contributed by atoms with Crippen molar-refractivity contribution in [1.29, 1.82) is 0 Å². The van der Waals surface area contributed by atoms with Gasteiger partial charge in [-0.05, 0) is 61.3 Å². The Morgan fingerprint density at radius 1 is 0.879 bits per heavy atom. The summed E-state index contributed by atoms with van der Waals surface area (Å²) in [5.41, 5.74) is -10.5. The number of hydrogen-bond acceptors (Lipinski definition) is 3. The van der Waals surface area contributed by atoms with Crippen molar-refractivity contribution in [3.05, 3.63) is 61.1 Å². The first-order chi connectivity index (χ1) is 14.9. The van der Waals surface area contributed by atoms with Gasteiger partial charge in [-0.25, -0.2) is 8.78 Å². The smallest absolute Gasteiger partial charge is 0.320 e. The number of benzene rings is 2. The molecule has 0 radical (unpaired) electrons. The Morgan fingerprint density at radius 3 is 1.82 bits per heavy atom. The molecule has 0 saturated carbocycles. The fraction of sp³-hybridized carbons (Fsp3) is 0.235. The van der Waals surface area contributed by atoms with Crippen molar-refractivity contribution in [2.24, 2.45) is 5.18 Å². The number of rotatable bonds is 5. The van der Waals surface area contributed by atoms with Gasteiger partial charge in [0, 0.05) is 14.5 Å². The Bertz CT molecular complexity index is 1080. The highest BCUT2D eigenvalue weighted by molar-refractivity contribution is 9.11. The van der Waals surface area contributed by atoms with Crippen molar-refractivity contribution >= 4 is 49.1 Å². The summed E-state index contributed by atoms with van der Waals surface area (Å²) < 4.78 is 132. The van der Waals surface area contributed by atoms with Gasteiger partial charge in [-0.15, -0.1) is 4.91 Å². The van der Waals surface area contributed by atoms with Crippen molar-refractivity contribution in [1.82, 2.24) is 0 Å². The lowest BCUT2D eigenvalue weighted by Crippen LogP contribution is -2.59. The van der Waals surface area contributed by atoms with Crippen LogP contribution in [0.5, 0.6) is 0 Å². The second kappa shape index (κ2) is 8.85. The Hall–Kier alpha value is -2.23. The average Bonchev–Trinajstić information content (AvgIpc) is 2.68. The zero-order valence-electron chi connectivity index (χ0n) is 15.2. The molecule has 0 aromatic heterocycles. The molecule has 2 aromatic carbocycles. The molecular formula is C17H6Br2F10N2O2. The van der Waals surface area contributed by atoms with E-state index in [2.05, 4.69) is 37.0 Å². The first-order valence-corrected chi connectivity index (χ1v) is 9.61. The highest BCUT2D eigenvalue weighted by atomic mass is 79.9. The number of nitrogens with zero attached hydrogens (tertiary/aromatic N) is 1. The quantitative estimate of drug-likeness (QED) is 0.273. The van der Waals surface area contributed by atoms with Gasteiger partial charge in [0.2, 0.25) is 0 Å².